The maximum absolute atomic E-state index is 11.4. The molecule has 0 aliphatic rings. The van der Waals surface area contributed by atoms with Crippen molar-refractivity contribution >= 4 is 5.97 Å². The van der Waals surface area contributed by atoms with Gasteiger partial charge in [-0.1, -0.05) is 0 Å². The molecule has 96 valence electrons. The Hall–Kier alpha value is -2.11. The van der Waals surface area contributed by atoms with Gasteiger partial charge in [-0.05, 0) is 13.3 Å². The van der Waals surface area contributed by atoms with Crippen molar-refractivity contribution in [3.05, 3.63) is 36.7 Å². The minimum atomic E-state index is -0.321. The zero-order valence-corrected chi connectivity index (χ0v) is 10.3. The summed E-state index contributed by atoms with van der Waals surface area (Å²) in [6.45, 7) is 3.81. The highest BCUT2D eigenvalue weighted by atomic mass is 16.5. The monoisotopic (exact) mass is 248 g/mol. The quantitative estimate of drug-likeness (QED) is 0.724. The Kier molecular flexibility index (Phi) is 4.11. The highest BCUT2D eigenvalue weighted by Crippen LogP contribution is 2.02. The molecule has 2 heterocycles. The van der Waals surface area contributed by atoms with Crippen molar-refractivity contribution in [2.24, 2.45) is 0 Å². The van der Waals surface area contributed by atoms with Crippen molar-refractivity contribution in [3.8, 4) is 0 Å². The maximum Gasteiger partial charge on any atom is 0.341 e. The minimum Gasteiger partial charge on any atom is -0.462 e. The van der Waals surface area contributed by atoms with E-state index in [0.29, 0.717) is 12.2 Å². The minimum absolute atomic E-state index is 0.321. The van der Waals surface area contributed by atoms with E-state index in [1.54, 1.807) is 30.3 Å². The number of aryl methyl sites for hydroxylation is 2. The third-order valence-corrected chi connectivity index (χ3v) is 2.51. The molecule has 6 heteroatoms. The Balaban J connectivity index is 1.81. The standard InChI is InChI=1S/C12H16N4O2/c1-2-18-12(17)11-8-14-16(9-11)6-3-5-15-7-4-13-10-15/h4,7-10H,2-3,5-6H2,1H3. The third-order valence-electron chi connectivity index (χ3n) is 2.51. The van der Waals surface area contributed by atoms with Crippen LogP contribution in [0.15, 0.2) is 31.1 Å². The molecule has 0 aliphatic carbocycles. The number of esters is 1. The predicted molar refractivity (Wildman–Crippen MR) is 65.0 cm³/mol. The van der Waals surface area contributed by atoms with Crippen LogP contribution in [0.2, 0.25) is 0 Å². The second-order valence-corrected chi connectivity index (χ2v) is 3.87. The van der Waals surface area contributed by atoms with Crippen LogP contribution >= 0.6 is 0 Å². The third kappa shape index (κ3) is 3.19. The molecule has 2 rings (SSSR count). The van der Waals surface area contributed by atoms with Gasteiger partial charge in [-0.15, -0.1) is 0 Å². The molecule has 0 spiro atoms. The summed E-state index contributed by atoms with van der Waals surface area (Å²) in [5, 5.41) is 4.13. The van der Waals surface area contributed by atoms with Crippen LogP contribution in [0.3, 0.4) is 0 Å². The van der Waals surface area contributed by atoms with E-state index in [4.69, 9.17) is 4.74 Å². The number of hydrogen-bond acceptors (Lipinski definition) is 4. The van der Waals surface area contributed by atoms with Gasteiger partial charge in [0.2, 0.25) is 0 Å². The average Bonchev–Trinajstić information content (AvgIpc) is 3.00. The topological polar surface area (TPSA) is 61.9 Å². The average molecular weight is 248 g/mol. The molecule has 0 radical (unpaired) electrons. The second-order valence-electron chi connectivity index (χ2n) is 3.87. The first-order valence-corrected chi connectivity index (χ1v) is 5.95. The van der Waals surface area contributed by atoms with Crippen LogP contribution in [0.1, 0.15) is 23.7 Å². The summed E-state index contributed by atoms with van der Waals surface area (Å²) in [6.07, 6.45) is 9.65. The van der Waals surface area contributed by atoms with Gasteiger partial charge in [0, 0.05) is 31.7 Å². The van der Waals surface area contributed by atoms with Crippen LogP contribution < -0.4 is 0 Å². The van der Waals surface area contributed by atoms with Gasteiger partial charge in [-0.25, -0.2) is 9.78 Å². The van der Waals surface area contributed by atoms with Gasteiger partial charge in [0.15, 0.2) is 0 Å². The molecule has 2 aromatic rings. The zero-order chi connectivity index (χ0) is 12.8. The summed E-state index contributed by atoms with van der Waals surface area (Å²) >= 11 is 0. The lowest BCUT2D eigenvalue weighted by molar-refractivity contribution is 0.0526. The zero-order valence-electron chi connectivity index (χ0n) is 10.3. The number of imidazole rings is 1. The molecule has 0 aliphatic heterocycles. The van der Waals surface area contributed by atoms with Gasteiger partial charge < -0.3 is 9.30 Å². The number of hydrogen-bond donors (Lipinski definition) is 0. The fraction of sp³-hybridized carbons (Fsp3) is 0.417. The molecule has 18 heavy (non-hydrogen) atoms. The molecule has 0 fully saturated rings. The van der Waals surface area contributed by atoms with E-state index >= 15 is 0 Å². The van der Waals surface area contributed by atoms with E-state index in [1.807, 2.05) is 10.8 Å². The first-order chi connectivity index (χ1) is 8.79. The van der Waals surface area contributed by atoms with Crippen LogP contribution in [0, 0.1) is 0 Å². The SMILES string of the molecule is CCOC(=O)c1cnn(CCCn2ccnc2)c1. The lowest BCUT2D eigenvalue weighted by Crippen LogP contribution is -2.05. The molecule has 2 aromatic heterocycles. The second kappa shape index (κ2) is 6.00. The highest BCUT2D eigenvalue weighted by Gasteiger charge is 2.08. The Labute approximate surface area is 105 Å². The van der Waals surface area contributed by atoms with Crippen LogP contribution in [-0.2, 0) is 17.8 Å². The van der Waals surface area contributed by atoms with E-state index in [2.05, 4.69) is 10.1 Å². The number of carbonyl (C=O) groups is 1. The van der Waals surface area contributed by atoms with Crippen LogP contribution in [-0.4, -0.2) is 31.9 Å². The van der Waals surface area contributed by atoms with Gasteiger partial charge in [0.1, 0.15) is 0 Å². The van der Waals surface area contributed by atoms with Crippen molar-refractivity contribution in [1.29, 1.82) is 0 Å². The summed E-state index contributed by atoms with van der Waals surface area (Å²) in [4.78, 5) is 15.4. The lowest BCUT2D eigenvalue weighted by Gasteiger charge is -2.02. The molecule has 0 atom stereocenters. The Morgan fingerprint density at radius 1 is 1.44 bits per heavy atom. The molecule has 0 bridgehead atoms. The van der Waals surface area contributed by atoms with Gasteiger partial charge in [-0.2, -0.15) is 5.10 Å². The molecule has 0 amide bonds. The maximum atomic E-state index is 11.4. The number of ether oxygens (including phenoxy) is 1. The van der Waals surface area contributed by atoms with Crippen molar-refractivity contribution < 1.29 is 9.53 Å². The Morgan fingerprint density at radius 2 is 2.33 bits per heavy atom. The van der Waals surface area contributed by atoms with E-state index in [9.17, 15) is 4.79 Å². The number of carbonyl (C=O) groups excluding carboxylic acids is 1. The summed E-state index contributed by atoms with van der Waals surface area (Å²) in [5.41, 5.74) is 0.500. The summed E-state index contributed by atoms with van der Waals surface area (Å²) in [6, 6.07) is 0. The Morgan fingerprint density at radius 3 is 3.06 bits per heavy atom. The van der Waals surface area contributed by atoms with Crippen LogP contribution in [0.5, 0.6) is 0 Å². The van der Waals surface area contributed by atoms with Gasteiger partial charge in [0.05, 0.1) is 24.7 Å². The summed E-state index contributed by atoms with van der Waals surface area (Å²) < 4.78 is 8.66. The number of nitrogens with zero attached hydrogens (tertiary/aromatic N) is 4. The lowest BCUT2D eigenvalue weighted by atomic mass is 10.4. The van der Waals surface area contributed by atoms with Gasteiger partial charge in [0.25, 0.3) is 0 Å². The molecule has 0 aromatic carbocycles. The molecule has 0 unspecified atom stereocenters. The van der Waals surface area contributed by atoms with E-state index in [1.165, 1.54) is 6.20 Å². The fourth-order valence-electron chi connectivity index (χ4n) is 1.64. The first kappa shape index (κ1) is 12.3. The van der Waals surface area contributed by atoms with E-state index in [-0.39, 0.29) is 5.97 Å². The number of aromatic nitrogens is 4. The van der Waals surface area contributed by atoms with Gasteiger partial charge >= 0.3 is 5.97 Å². The van der Waals surface area contributed by atoms with Crippen molar-refractivity contribution in [1.82, 2.24) is 19.3 Å². The smallest absolute Gasteiger partial charge is 0.341 e. The highest BCUT2D eigenvalue weighted by molar-refractivity contribution is 5.88. The van der Waals surface area contributed by atoms with Crippen LogP contribution in [0.25, 0.3) is 0 Å². The Bertz CT molecular complexity index is 490. The van der Waals surface area contributed by atoms with E-state index in [0.717, 1.165) is 19.5 Å². The predicted octanol–water partition coefficient (Wildman–Crippen LogP) is 1.35. The van der Waals surface area contributed by atoms with Crippen LogP contribution in [0.4, 0.5) is 0 Å². The molecular formula is C12H16N4O2. The summed E-state index contributed by atoms with van der Waals surface area (Å²) in [5.74, 6) is -0.321. The van der Waals surface area contributed by atoms with Crippen molar-refractivity contribution in [2.75, 3.05) is 6.61 Å². The molecule has 6 nitrogen and oxygen atoms in total. The molecule has 0 N–H and O–H groups in total. The first-order valence-electron chi connectivity index (χ1n) is 5.95. The fourth-order valence-corrected chi connectivity index (χ4v) is 1.64. The largest absolute Gasteiger partial charge is 0.462 e. The molecule has 0 saturated heterocycles. The molecule has 0 saturated carbocycles. The van der Waals surface area contributed by atoms with Gasteiger partial charge in [-0.3, -0.25) is 4.68 Å². The molecular weight excluding hydrogens is 232 g/mol. The van der Waals surface area contributed by atoms with Crippen molar-refractivity contribution in [2.45, 2.75) is 26.4 Å². The number of rotatable bonds is 6. The van der Waals surface area contributed by atoms with Crippen molar-refractivity contribution in [3.63, 3.8) is 0 Å². The normalized spacial score (nSPS) is 10.5. The summed E-state index contributed by atoms with van der Waals surface area (Å²) in [7, 11) is 0. The van der Waals surface area contributed by atoms with E-state index < -0.39 is 0 Å².